The van der Waals surface area contributed by atoms with Crippen molar-refractivity contribution in [2.45, 2.75) is 25.8 Å². The van der Waals surface area contributed by atoms with Gasteiger partial charge in [0.2, 0.25) is 0 Å². The summed E-state index contributed by atoms with van der Waals surface area (Å²) >= 11 is 0. The standard InChI is InChI=1S/C27H28BF3N4O4/c1-28(39)35-11-9-34(10-12-35)24-8-7-22(15-23(24)27(29,30)31)33-25(36)20-4-2-3-18(13-20)5-6-19-14-21(26(37)38)17-32-16-19/h2-4,7-8,13-17,39H,5-6,9-12H2,1H3,(H,33,36)(H,37,38). The number of anilines is 2. The van der Waals surface area contributed by atoms with E-state index in [1.54, 1.807) is 47.0 Å². The van der Waals surface area contributed by atoms with Gasteiger partial charge in [-0.15, -0.1) is 0 Å². The van der Waals surface area contributed by atoms with Gasteiger partial charge in [0.25, 0.3) is 5.91 Å². The maximum absolute atomic E-state index is 14.0. The molecule has 12 heteroatoms. The normalized spacial score (nSPS) is 14.2. The first-order valence-electron chi connectivity index (χ1n) is 12.5. The molecule has 8 nitrogen and oxygen atoms in total. The SMILES string of the molecule is CB(O)N1CCN(c2ccc(NC(=O)c3cccc(CCc4cncc(C(=O)O)c4)c3)cc2C(F)(F)F)CC1. The highest BCUT2D eigenvalue weighted by Gasteiger charge is 2.36. The van der Waals surface area contributed by atoms with E-state index in [0.29, 0.717) is 39.0 Å². The summed E-state index contributed by atoms with van der Waals surface area (Å²) < 4.78 is 41.9. The van der Waals surface area contributed by atoms with Gasteiger partial charge in [-0.05, 0) is 67.2 Å². The molecule has 2 heterocycles. The summed E-state index contributed by atoms with van der Waals surface area (Å²) in [6.45, 7) is 3.17. The Bertz CT molecular complexity index is 1340. The van der Waals surface area contributed by atoms with Crippen LogP contribution in [-0.2, 0) is 19.0 Å². The van der Waals surface area contributed by atoms with E-state index >= 15 is 0 Å². The van der Waals surface area contributed by atoms with Crippen molar-refractivity contribution < 1.29 is 32.9 Å². The number of aromatic nitrogens is 1. The van der Waals surface area contributed by atoms with Gasteiger partial charge in [0.15, 0.2) is 0 Å². The number of carboxylic acid groups (broad SMARTS) is 1. The van der Waals surface area contributed by atoms with Crippen molar-refractivity contribution in [2.75, 3.05) is 36.4 Å². The Morgan fingerprint density at radius 2 is 1.67 bits per heavy atom. The number of hydrogen-bond acceptors (Lipinski definition) is 6. The average Bonchev–Trinajstić information content (AvgIpc) is 2.92. The number of piperazine rings is 1. The lowest BCUT2D eigenvalue weighted by atomic mass is 9.84. The lowest BCUT2D eigenvalue weighted by molar-refractivity contribution is -0.137. The fourth-order valence-corrected chi connectivity index (χ4v) is 4.55. The molecule has 1 amide bonds. The first kappa shape index (κ1) is 28.1. The lowest BCUT2D eigenvalue weighted by Gasteiger charge is -2.37. The van der Waals surface area contributed by atoms with Crippen molar-refractivity contribution in [1.82, 2.24) is 9.79 Å². The molecule has 0 unspecified atom stereocenters. The van der Waals surface area contributed by atoms with Crippen LogP contribution in [0.5, 0.6) is 0 Å². The largest absolute Gasteiger partial charge is 0.478 e. The number of alkyl halides is 3. The molecule has 0 radical (unpaired) electrons. The van der Waals surface area contributed by atoms with E-state index < -0.39 is 30.7 Å². The highest BCUT2D eigenvalue weighted by Crippen LogP contribution is 2.38. The Hall–Kier alpha value is -3.90. The molecular weight excluding hydrogens is 512 g/mol. The number of aryl methyl sites for hydroxylation is 2. The van der Waals surface area contributed by atoms with Crippen LogP contribution in [0.1, 0.15) is 37.4 Å². The van der Waals surface area contributed by atoms with E-state index in [-0.39, 0.29) is 22.5 Å². The van der Waals surface area contributed by atoms with E-state index in [1.165, 1.54) is 18.3 Å². The second-order valence-electron chi connectivity index (χ2n) is 9.43. The summed E-state index contributed by atoms with van der Waals surface area (Å²) in [5, 5.41) is 21.4. The summed E-state index contributed by atoms with van der Waals surface area (Å²) in [6.07, 6.45) is -0.754. The third kappa shape index (κ3) is 7.15. The van der Waals surface area contributed by atoms with Crippen LogP contribution in [0.2, 0.25) is 6.82 Å². The van der Waals surface area contributed by atoms with Gasteiger partial charge in [0.1, 0.15) is 0 Å². The minimum Gasteiger partial charge on any atom is -0.478 e. The van der Waals surface area contributed by atoms with E-state index in [2.05, 4.69) is 10.3 Å². The number of amides is 1. The van der Waals surface area contributed by atoms with Gasteiger partial charge in [0.05, 0.1) is 11.1 Å². The number of nitrogens with zero attached hydrogens (tertiary/aromatic N) is 3. The minimum absolute atomic E-state index is 0.0284. The number of halogens is 3. The van der Waals surface area contributed by atoms with E-state index in [1.807, 2.05) is 6.07 Å². The van der Waals surface area contributed by atoms with E-state index in [4.69, 9.17) is 5.11 Å². The second-order valence-corrected chi connectivity index (χ2v) is 9.43. The average molecular weight is 540 g/mol. The second kappa shape index (κ2) is 11.9. The Morgan fingerprint density at radius 3 is 2.33 bits per heavy atom. The van der Waals surface area contributed by atoms with E-state index in [0.717, 1.165) is 17.2 Å². The molecule has 0 aliphatic carbocycles. The molecule has 4 rings (SSSR count). The first-order chi connectivity index (χ1) is 18.5. The van der Waals surface area contributed by atoms with Crippen LogP contribution >= 0.6 is 0 Å². The van der Waals surface area contributed by atoms with Gasteiger partial charge in [-0.1, -0.05) is 12.1 Å². The van der Waals surface area contributed by atoms with Crippen LogP contribution in [0.4, 0.5) is 24.5 Å². The van der Waals surface area contributed by atoms with Gasteiger partial charge in [-0.3, -0.25) is 9.78 Å². The summed E-state index contributed by atoms with van der Waals surface area (Å²) in [7, 11) is -0.662. The maximum atomic E-state index is 14.0. The molecule has 0 atom stereocenters. The molecule has 0 bridgehead atoms. The molecule has 1 saturated heterocycles. The summed E-state index contributed by atoms with van der Waals surface area (Å²) in [6, 6.07) is 12.0. The minimum atomic E-state index is -4.62. The topological polar surface area (TPSA) is 106 Å². The number of benzene rings is 2. The van der Waals surface area contributed by atoms with Crippen LogP contribution in [0.3, 0.4) is 0 Å². The van der Waals surface area contributed by atoms with Gasteiger partial charge >= 0.3 is 19.2 Å². The van der Waals surface area contributed by atoms with Crippen molar-refractivity contribution >= 4 is 30.3 Å². The number of carbonyl (C=O) groups is 2. The summed E-state index contributed by atoms with van der Waals surface area (Å²) in [5.74, 6) is -1.61. The van der Waals surface area contributed by atoms with Crippen molar-refractivity contribution in [3.8, 4) is 0 Å². The molecule has 2 aromatic carbocycles. The number of carboxylic acids is 1. The van der Waals surface area contributed by atoms with E-state index in [9.17, 15) is 27.8 Å². The van der Waals surface area contributed by atoms with Crippen molar-refractivity contribution in [2.24, 2.45) is 0 Å². The molecule has 1 aromatic heterocycles. The van der Waals surface area contributed by atoms with Crippen molar-refractivity contribution in [3.05, 3.63) is 88.7 Å². The predicted molar refractivity (Wildman–Crippen MR) is 142 cm³/mol. The number of nitrogens with one attached hydrogen (secondary N) is 1. The molecule has 1 fully saturated rings. The van der Waals surface area contributed by atoms with Crippen LogP contribution < -0.4 is 10.2 Å². The smallest absolute Gasteiger partial charge is 0.418 e. The van der Waals surface area contributed by atoms with Gasteiger partial charge < -0.3 is 25.2 Å². The fraction of sp³-hybridized carbons (Fsp3) is 0.296. The predicted octanol–water partition coefficient (Wildman–Crippen LogP) is 4.07. The molecule has 3 N–H and O–H groups in total. The van der Waals surface area contributed by atoms with Crippen molar-refractivity contribution in [1.29, 1.82) is 0 Å². The molecule has 204 valence electrons. The number of carbonyl (C=O) groups excluding carboxylic acids is 1. The Labute approximate surface area is 224 Å². The van der Waals surface area contributed by atoms with Crippen molar-refractivity contribution in [3.63, 3.8) is 0 Å². The Kier molecular flexibility index (Phi) is 8.56. The van der Waals surface area contributed by atoms with Gasteiger partial charge in [0, 0.05) is 55.5 Å². The molecule has 0 spiro atoms. The molecular formula is C27H28BF3N4O4. The molecule has 39 heavy (non-hydrogen) atoms. The van der Waals surface area contributed by atoms with Gasteiger partial charge in [-0.25, -0.2) is 4.79 Å². The molecule has 0 saturated carbocycles. The third-order valence-corrected chi connectivity index (χ3v) is 6.68. The van der Waals surface area contributed by atoms with Crippen LogP contribution in [0.15, 0.2) is 60.9 Å². The summed E-state index contributed by atoms with van der Waals surface area (Å²) in [5.41, 5.74) is 1.15. The zero-order chi connectivity index (χ0) is 28.2. The number of aromatic carboxylic acids is 1. The lowest BCUT2D eigenvalue weighted by Crippen LogP contribution is -2.51. The number of hydrogen-bond donors (Lipinski definition) is 3. The highest BCUT2D eigenvalue weighted by atomic mass is 19.4. The Balaban J connectivity index is 1.46. The zero-order valence-electron chi connectivity index (χ0n) is 21.3. The number of pyridine rings is 1. The highest BCUT2D eigenvalue weighted by molar-refractivity contribution is 6.45. The monoisotopic (exact) mass is 540 g/mol. The Morgan fingerprint density at radius 1 is 0.974 bits per heavy atom. The molecule has 1 aliphatic rings. The zero-order valence-corrected chi connectivity index (χ0v) is 21.3. The van der Waals surface area contributed by atoms with Crippen LogP contribution in [-0.4, -0.2) is 65.0 Å². The fourth-order valence-electron chi connectivity index (χ4n) is 4.55. The molecule has 3 aromatic rings. The number of rotatable bonds is 8. The first-order valence-corrected chi connectivity index (χ1v) is 12.5. The van der Waals surface area contributed by atoms with Crippen LogP contribution in [0, 0.1) is 0 Å². The molecule has 1 aliphatic heterocycles. The quantitative estimate of drug-likeness (QED) is 0.370. The van der Waals surface area contributed by atoms with Crippen LogP contribution in [0.25, 0.3) is 0 Å². The van der Waals surface area contributed by atoms with Gasteiger partial charge in [-0.2, -0.15) is 13.2 Å². The summed E-state index contributed by atoms with van der Waals surface area (Å²) in [4.78, 5) is 31.4. The third-order valence-electron chi connectivity index (χ3n) is 6.68. The maximum Gasteiger partial charge on any atom is 0.418 e.